The average molecular weight is 410 g/mol. The molecule has 0 radical (unpaired) electrons. The summed E-state index contributed by atoms with van der Waals surface area (Å²) in [6, 6.07) is 1.24. The molecule has 2 aromatic heterocycles. The van der Waals surface area contributed by atoms with Crippen LogP contribution in [0, 0.1) is 0 Å². The number of thioether (sulfide) groups is 1. The average Bonchev–Trinajstić information content (AvgIpc) is 3.14. The highest BCUT2D eigenvalue weighted by atomic mass is 32.2. The zero-order chi connectivity index (χ0) is 19.4. The number of thiophene rings is 1. The van der Waals surface area contributed by atoms with Gasteiger partial charge in [-0.15, -0.1) is 16.4 Å². The molecule has 1 fully saturated rings. The Morgan fingerprint density at radius 2 is 2.15 bits per heavy atom. The summed E-state index contributed by atoms with van der Waals surface area (Å²) >= 11 is 3.02. The summed E-state index contributed by atoms with van der Waals surface area (Å²) in [5, 5.41) is 12.8. The SMILES string of the molecule is CSCCC(NC(C)=O)C(=O)N1CCC(n2nnc3ccsc3c2=O)CC1. The standard InChI is InChI=1S/C17H23N5O3S2/c1-11(23)18-14(5-9-26-2)16(24)21-7-3-12(4-8-21)22-17(25)15-13(19-20-22)6-10-27-15/h6,10,12,14H,3-5,7-9H2,1-2H3,(H,18,23). The lowest BCUT2D eigenvalue weighted by Gasteiger charge is -2.34. The molecule has 0 aliphatic carbocycles. The second kappa shape index (κ2) is 8.83. The molecule has 10 heteroatoms. The Labute approximate surface area is 165 Å². The van der Waals surface area contributed by atoms with Crippen molar-refractivity contribution >= 4 is 45.1 Å². The van der Waals surface area contributed by atoms with E-state index in [-0.39, 0.29) is 23.4 Å². The molecule has 27 heavy (non-hydrogen) atoms. The molecule has 3 rings (SSSR count). The minimum atomic E-state index is -0.489. The van der Waals surface area contributed by atoms with Gasteiger partial charge in [-0.3, -0.25) is 14.4 Å². The van der Waals surface area contributed by atoms with Crippen molar-refractivity contribution in [3.05, 3.63) is 21.8 Å². The van der Waals surface area contributed by atoms with Crippen molar-refractivity contribution in [2.24, 2.45) is 0 Å². The van der Waals surface area contributed by atoms with E-state index in [4.69, 9.17) is 0 Å². The van der Waals surface area contributed by atoms with Gasteiger partial charge in [0.05, 0.1) is 6.04 Å². The lowest BCUT2D eigenvalue weighted by atomic mass is 10.0. The van der Waals surface area contributed by atoms with Crippen LogP contribution in [0.1, 0.15) is 32.2 Å². The fourth-order valence-electron chi connectivity index (χ4n) is 3.31. The molecule has 2 aromatic rings. The fraction of sp³-hybridized carbons (Fsp3) is 0.588. The minimum absolute atomic E-state index is 0.0511. The summed E-state index contributed by atoms with van der Waals surface area (Å²) in [4.78, 5) is 38.6. The molecule has 0 aromatic carbocycles. The van der Waals surface area contributed by atoms with E-state index in [0.29, 0.717) is 42.6 Å². The van der Waals surface area contributed by atoms with Gasteiger partial charge in [0.2, 0.25) is 11.8 Å². The molecule has 0 spiro atoms. The molecule has 0 saturated carbocycles. The first-order valence-corrected chi connectivity index (χ1v) is 11.2. The predicted molar refractivity (Wildman–Crippen MR) is 107 cm³/mol. The molecule has 3 heterocycles. The van der Waals surface area contributed by atoms with Crippen molar-refractivity contribution in [1.29, 1.82) is 0 Å². The monoisotopic (exact) mass is 409 g/mol. The molecule has 8 nitrogen and oxygen atoms in total. The number of nitrogens with one attached hydrogen (secondary N) is 1. The first kappa shape index (κ1) is 19.8. The van der Waals surface area contributed by atoms with Crippen molar-refractivity contribution in [3.63, 3.8) is 0 Å². The Hall–Kier alpha value is -1.94. The van der Waals surface area contributed by atoms with E-state index >= 15 is 0 Å². The van der Waals surface area contributed by atoms with Gasteiger partial charge in [-0.1, -0.05) is 5.21 Å². The van der Waals surface area contributed by atoms with Crippen LogP contribution in [0.15, 0.2) is 16.2 Å². The largest absolute Gasteiger partial charge is 0.345 e. The van der Waals surface area contributed by atoms with Gasteiger partial charge in [-0.2, -0.15) is 11.8 Å². The summed E-state index contributed by atoms with van der Waals surface area (Å²) in [5.74, 6) is 0.555. The number of nitrogens with zero attached hydrogens (tertiary/aromatic N) is 4. The maximum absolute atomic E-state index is 12.8. The van der Waals surface area contributed by atoms with Crippen LogP contribution in [0.5, 0.6) is 0 Å². The third-order valence-corrected chi connectivity index (χ3v) is 6.24. The van der Waals surface area contributed by atoms with Gasteiger partial charge in [-0.05, 0) is 42.7 Å². The quantitative estimate of drug-likeness (QED) is 0.772. The van der Waals surface area contributed by atoms with Crippen molar-refractivity contribution in [2.45, 2.75) is 38.3 Å². The Balaban J connectivity index is 1.66. The second-order valence-electron chi connectivity index (χ2n) is 6.57. The van der Waals surface area contributed by atoms with Gasteiger partial charge in [0.15, 0.2) is 0 Å². The maximum atomic E-state index is 12.8. The first-order chi connectivity index (χ1) is 13.0. The topological polar surface area (TPSA) is 97.2 Å². The Kier molecular flexibility index (Phi) is 6.48. The number of piperidine rings is 1. The van der Waals surface area contributed by atoms with Crippen LogP contribution >= 0.6 is 23.1 Å². The molecule has 1 aliphatic heterocycles. The second-order valence-corrected chi connectivity index (χ2v) is 8.47. The summed E-state index contributed by atoms with van der Waals surface area (Å²) in [7, 11) is 0. The third kappa shape index (κ3) is 4.49. The molecule has 1 aliphatic rings. The minimum Gasteiger partial charge on any atom is -0.345 e. The molecule has 146 valence electrons. The summed E-state index contributed by atoms with van der Waals surface area (Å²) < 4.78 is 2.07. The zero-order valence-electron chi connectivity index (χ0n) is 15.4. The molecule has 0 bridgehead atoms. The predicted octanol–water partition coefficient (Wildman–Crippen LogP) is 1.27. The normalized spacial score (nSPS) is 16.4. The van der Waals surface area contributed by atoms with Crippen LogP contribution in [0.4, 0.5) is 0 Å². The van der Waals surface area contributed by atoms with Crippen LogP contribution in [0.25, 0.3) is 10.2 Å². The van der Waals surface area contributed by atoms with Crippen LogP contribution in [0.3, 0.4) is 0 Å². The van der Waals surface area contributed by atoms with Crippen molar-refractivity contribution in [1.82, 2.24) is 25.2 Å². The van der Waals surface area contributed by atoms with Crippen LogP contribution < -0.4 is 10.9 Å². The van der Waals surface area contributed by atoms with Crippen LogP contribution in [-0.2, 0) is 9.59 Å². The van der Waals surface area contributed by atoms with E-state index in [1.807, 2.05) is 11.6 Å². The first-order valence-electron chi connectivity index (χ1n) is 8.88. The third-order valence-electron chi connectivity index (χ3n) is 4.70. The van der Waals surface area contributed by atoms with E-state index in [1.54, 1.807) is 22.7 Å². The van der Waals surface area contributed by atoms with Crippen molar-refractivity contribution < 1.29 is 9.59 Å². The van der Waals surface area contributed by atoms with E-state index in [2.05, 4.69) is 15.6 Å². The van der Waals surface area contributed by atoms with E-state index < -0.39 is 6.04 Å². The smallest absolute Gasteiger partial charge is 0.287 e. The Morgan fingerprint density at radius 3 is 2.81 bits per heavy atom. The van der Waals surface area contributed by atoms with E-state index in [1.165, 1.54) is 22.9 Å². The molecule has 1 N–H and O–H groups in total. The maximum Gasteiger partial charge on any atom is 0.287 e. The molecule has 1 atom stereocenters. The number of rotatable bonds is 6. The van der Waals surface area contributed by atoms with Gasteiger partial charge >= 0.3 is 0 Å². The highest BCUT2D eigenvalue weighted by Crippen LogP contribution is 2.22. The van der Waals surface area contributed by atoms with Crippen LogP contribution in [-0.4, -0.2) is 62.8 Å². The number of hydrogen-bond donors (Lipinski definition) is 1. The molecular weight excluding hydrogens is 386 g/mol. The van der Waals surface area contributed by atoms with Crippen molar-refractivity contribution in [2.75, 3.05) is 25.1 Å². The molecular formula is C17H23N5O3S2. The Morgan fingerprint density at radius 1 is 1.41 bits per heavy atom. The van der Waals surface area contributed by atoms with Crippen molar-refractivity contribution in [3.8, 4) is 0 Å². The number of likely N-dealkylation sites (tertiary alicyclic amines) is 1. The number of hydrogen-bond acceptors (Lipinski definition) is 7. The lowest BCUT2D eigenvalue weighted by molar-refractivity contribution is -0.137. The van der Waals surface area contributed by atoms with Crippen LogP contribution in [0.2, 0.25) is 0 Å². The summed E-state index contributed by atoms with van der Waals surface area (Å²) in [5.41, 5.74) is 0.511. The number of fused-ring (bicyclic) bond motifs is 1. The summed E-state index contributed by atoms with van der Waals surface area (Å²) in [6.07, 6.45) is 3.88. The number of carbonyl (C=O) groups is 2. The molecule has 2 amide bonds. The van der Waals surface area contributed by atoms with Gasteiger partial charge in [0, 0.05) is 20.0 Å². The van der Waals surface area contributed by atoms with Gasteiger partial charge < -0.3 is 10.2 Å². The van der Waals surface area contributed by atoms with Gasteiger partial charge in [0.25, 0.3) is 5.56 Å². The highest BCUT2D eigenvalue weighted by Gasteiger charge is 2.30. The van der Waals surface area contributed by atoms with E-state index in [9.17, 15) is 14.4 Å². The summed E-state index contributed by atoms with van der Waals surface area (Å²) in [6.45, 7) is 2.50. The van der Waals surface area contributed by atoms with Gasteiger partial charge in [0.1, 0.15) is 16.3 Å². The lowest BCUT2D eigenvalue weighted by Crippen LogP contribution is -2.51. The van der Waals surface area contributed by atoms with E-state index in [0.717, 1.165) is 5.75 Å². The molecule has 1 saturated heterocycles. The highest BCUT2D eigenvalue weighted by molar-refractivity contribution is 7.98. The zero-order valence-corrected chi connectivity index (χ0v) is 17.0. The molecule has 1 unspecified atom stereocenters. The Bertz CT molecular complexity index is 873. The van der Waals surface area contributed by atoms with Gasteiger partial charge in [-0.25, -0.2) is 4.68 Å². The fourth-order valence-corrected chi connectivity index (χ4v) is 4.54. The number of carbonyl (C=O) groups excluding carboxylic acids is 2. The number of amides is 2. The number of aromatic nitrogens is 3.